The Kier molecular flexibility index (Phi) is 7.12. The number of ether oxygens (including phenoxy) is 1. The number of aryl methyl sites for hydroxylation is 1. The topological polar surface area (TPSA) is 84.5 Å². The van der Waals surface area contributed by atoms with Gasteiger partial charge in [0.05, 0.1) is 17.7 Å². The predicted octanol–water partition coefficient (Wildman–Crippen LogP) is 4.83. The molecule has 0 fully saturated rings. The summed E-state index contributed by atoms with van der Waals surface area (Å²) >= 11 is 3.31. The maximum Gasteiger partial charge on any atom is 0.261 e. The molecule has 3 aromatic carbocycles. The number of anilines is 2. The van der Waals surface area contributed by atoms with Gasteiger partial charge in [0.25, 0.3) is 10.0 Å². The molecule has 1 amide bonds. The van der Waals surface area contributed by atoms with E-state index in [9.17, 15) is 13.2 Å². The molecule has 0 saturated carbocycles. The van der Waals surface area contributed by atoms with Crippen molar-refractivity contribution in [2.24, 2.45) is 0 Å². The molecule has 0 unspecified atom stereocenters. The van der Waals surface area contributed by atoms with E-state index < -0.39 is 10.0 Å². The van der Waals surface area contributed by atoms with Gasteiger partial charge in [0.1, 0.15) is 5.75 Å². The molecular weight excluding hydrogens is 468 g/mol. The van der Waals surface area contributed by atoms with Crippen LogP contribution in [0.1, 0.15) is 12.0 Å². The van der Waals surface area contributed by atoms with E-state index in [2.05, 4.69) is 26.0 Å². The van der Waals surface area contributed by atoms with Gasteiger partial charge in [-0.1, -0.05) is 46.3 Å². The third-order valence-electron chi connectivity index (χ3n) is 4.34. The summed E-state index contributed by atoms with van der Waals surface area (Å²) in [5.41, 5.74) is 1.78. The smallest absolute Gasteiger partial charge is 0.261 e. The van der Waals surface area contributed by atoms with Gasteiger partial charge in [-0.15, -0.1) is 0 Å². The molecule has 0 bridgehead atoms. The summed E-state index contributed by atoms with van der Waals surface area (Å²) in [7, 11) is -2.38. The molecule has 2 N–H and O–H groups in total. The largest absolute Gasteiger partial charge is 0.495 e. The second-order valence-corrected chi connectivity index (χ2v) is 9.11. The van der Waals surface area contributed by atoms with Crippen molar-refractivity contribution in [3.8, 4) is 5.75 Å². The van der Waals surface area contributed by atoms with E-state index in [0.29, 0.717) is 23.5 Å². The number of nitrogens with one attached hydrogen (secondary N) is 2. The van der Waals surface area contributed by atoms with Gasteiger partial charge in [-0.3, -0.25) is 9.52 Å². The zero-order chi connectivity index (χ0) is 21.6. The van der Waals surface area contributed by atoms with Crippen molar-refractivity contribution in [1.29, 1.82) is 0 Å². The number of sulfonamides is 1. The van der Waals surface area contributed by atoms with Crippen LogP contribution in [0.4, 0.5) is 11.4 Å². The van der Waals surface area contributed by atoms with Crippen molar-refractivity contribution < 1.29 is 17.9 Å². The summed E-state index contributed by atoms with van der Waals surface area (Å²) in [5.74, 6) is 0.151. The average Bonchev–Trinajstić information content (AvgIpc) is 2.74. The molecule has 3 rings (SSSR count). The van der Waals surface area contributed by atoms with Crippen LogP contribution in [0.5, 0.6) is 5.75 Å². The second kappa shape index (κ2) is 9.77. The van der Waals surface area contributed by atoms with Crippen molar-refractivity contribution in [3.05, 3.63) is 82.8 Å². The SMILES string of the molecule is COc1ccc(S(=O)(=O)Nc2ccc(Br)cc2)cc1NC(=O)CCc1ccccc1. The summed E-state index contributed by atoms with van der Waals surface area (Å²) in [6.45, 7) is 0. The zero-order valence-electron chi connectivity index (χ0n) is 16.3. The summed E-state index contributed by atoms with van der Waals surface area (Å²) in [6, 6.07) is 20.8. The quantitative estimate of drug-likeness (QED) is 0.475. The summed E-state index contributed by atoms with van der Waals surface area (Å²) in [5, 5.41) is 2.75. The Bertz CT molecular complexity index is 1120. The molecule has 0 heterocycles. The number of rotatable bonds is 8. The van der Waals surface area contributed by atoms with Crippen molar-refractivity contribution in [3.63, 3.8) is 0 Å². The Hall–Kier alpha value is -2.84. The predicted molar refractivity (Wildman–Crippen MR) is 121 cm³/mol. The average molecular weight is 489 g/mol. The van der Waals surface area contributed by atoms with E-state index in [4.69, 9.17) is 4.74 Å². The molecule has 0 spiro atoms. The Morgan fingerprint density at radius 3 is 2.37 bits per heavy atom. The molecule has 0 aliphatic carbocycles. The molecule has 0 radical (unpaired) electrons. The minimum Gasteiger partial charge on any atom is -0.495 e. The summed E-state index contributed by atoms with van der Waals surface area (Å²) < 4.78 is 34.2. The monoisotopic (exact) mass is 488 g/mol. The maximum atomic E-state index is 12.8. The second-order valence-electron chi connectivity index (χ2n) is 6.51. The van der Waals surface area contributed by atoms with Gasteiger partial charge in [-0.2, -0.15) is 0 Å². The lowest BCUT2D eigenvalue weighted by molar-refractivity contribution is -0.116. The first-order valence-corrected chi connectivity index (χ1v) is 11.5. The fourth-order valence-corrected chi connectivity index (χ4v) is 4.15. The van der Waals surface area contributed by atoms with Gasteiger partial charge in [-0.25, -0.2) is 8.42 Å². The third-order valence-corrected chi connectivity index (χ3v) is 6.24. The van der Waals surface area contributed by atoms with Crippen LogP contribution in [-0.4, -0.2) is 21.4 Å². The molecule has 0 saturated heterocycles. The number of benzene rings is 3. The highest BCUT2D eigenvalue weighted by Crippen LogP contribution is 2.29. The first-order valence-electron chi connectivity index (χ1n) is 9.17. The van der Waals surface area contributed by atoms with Gasteiger partial charge in [0.15, 0.2) is 0 Å². The molecule has 30 heavy (non-hydrogen) atoms. The Morgan fingerprint density at radius 1 is 1.00 bits per heavy atom. The van der Waals surface area contributed by atoms with E-state index in [1.807, 2.05) is 30.3 Å². The lowest BCUT2D eigenvalue weighted by Gasteiger charge is -2.13. The number of hydrogen-bond donors (Lipinski definition) is 2. The van der Waals surface area contributed by atoms with Gasteiger partial charge in [0.2, 0.25) is 5.91 Å². The van der Waals surface area contributed by atoms with Crippen LogP contribution in [0.15, 0.2) is 82.2 Å². The van der Waals surface area contributed by atoms with Crippen LogP contribution in [0, 0.1) is 0 Å². The molecule has 8 heteroatoms. The van der Waals surface area contributed by atoms with Crippen LogP contribution in [0.3, 0.4) is 0 Å². The third kappa shape index (κ3) is 5.84. The highest BCUT2D eigenvalue weighted by atomic mass is 79.9. The van der Waals surface area contributed by atoms with E-state index in [1.165, 1.54) is 25.3 Å². The van der Waals surface area contributed by atoms with Crippen LogP contribution >= 0.6 is 15.9 Å². The van der Waals surface area contributed by atoms with Crippen LogP contribution < -0.4 is 14.8 Å². The van der Waals surface area contributed by atoms with Gasteiger partial charge < -0.3 is 10.1 Å². The first kappa shape index (κ1) is 21.9. The number of carbonyl (C=O) groups is 1. The summed E-state index contributed by atoms with van der Waals surface area (Å²) in [6.07, 6.45) is 0.847. The number of halogens is 1. The number of methoxy groups -OCH3 is 1. The van der Waals surface area contributed by atoms with E-state index in [0.717, 1.165) is 10.0 Å². The van der Waals surface area contributed by atoms with Crippen LogP contribution in [0.25, 0.3) is 0 Å². The number of carbonyl (C=O) groups excluding carboxylic acids is 1. The van der Waals surface area contributed by atoms with Crippen molar-refractivity contribution >= 4 is 43.2 Å². The highest BCUT2D eigenvalue weighted by Gasteiger charge is 2.18. The van der Waals surface area contributed by atoms with Crippen LogP contribution in [0.2, 0.25) is 0 Å². The first-order chi connectivity index (χ1) is 14.4. The molecule has 6 nitrogen and oxygen atoms in total. The number of amides is 1. The van der Waals surface area contributed by atoms with Crippen LogP contribution in [-0.2, 0) is 21.2 Å². The Morgan fingerprint density at radius 2 is 1.70 bits per heavy atom. The van der Waals surface area contributed by atoms with Gasteiger partial charge >= 0.3 is 0 Å². The van der Waals surface area contributed by atoms with Gasteiger partial charge in [-0.05, 0) is 54.4 Å². The number of hydrogen-bond acceptors (Lipinski definition) is 4. The minimum absolute atomic E-state index is 0.0181. The molecule has 0 aliphatic rings. The maximum absolute atomic E-state index is 12.8. The summed E-state index contributed by atoms with van der Waals surface area (Å²) in [4.78, 5) is 12.4. The van der Waals surface area contributed by atoms with Crippen molar-refractivity contribution in [2.45, 2.75) is 17.7 Å². The molecule has 3 aromatic rings. The molecule has 0 aromatic heterocycles. The molecule has 0 atom stereocenters. The highest BCUT2D eigenvalue weighted by molar-refractivity contribution is 9.10. The standard InChI is InChI=1S/C22H21BrN2O4S/c1-29-21-13-12-19(30(27,28)25-18-10-8-17(23)9-11-18)15-20(21)24-22(26)14-7-16-5-3-2-4-6-16/h2-6,8-13,15,25H,7,14H2,1H3,(H,24,26). The van der Waals surface area contributed by atoms with Gasteiger partial charge in [0, 0.05) is 16.6 Å². The van der Waals surface area contributed by atoms with E-state index in [1.54, 1.807) is 24.3 Å². The lowest BCUT2D eigenvalue weighted by atomic mass is 10.1. The van der Waals surface area contributed by atoms with E-state index >= 15 is 0 Å². The normalized spacial score (nSPS) is 11.0. The fraction of sp³-hybridized carbons (Fsp3) is 0.136. The Balaban J connectivity index is 1.75. The molecule has 0 aliphatic heterocycles. The van der Waals surface area contributed by atoms with Crippen molar-refractivity contribution in [1.82, 2.24) is 0 Å². The fourth-order valence-electron chi connectivity index (χ4n) is 2.80. The van der Waals surface area contributed by atoms with E-state index in [-0.39, 0.29) is 17.2 Å². The molecular formula is C22H21BrN2O4S. The van der Waals surface area contributed by atoms with Crippen molar-refractivity contribution in [2.75, 3.05) is 17.1 Å². The zero-order valence-corrected chi connectivity index (χ0v) is 18.7. The minimum atomic E-state index is -3.84. The molecule has 156 valence electrons. The Labute approximate surface area is 184 Å². The lowest BCUT2D eigenvalue weighted by Crippen LogP contribution is -2.16.